The molecular formula is C8H5NO4S. The van der Waals surface area contributed by atoms with Gasteiger partial charge in [0.1, 0.15) is 4.90 Å². The Morgan fingerprint density at radius 3 is 2.50 bits per heavy atom. The van der Waals surface area contributed by atoms with Gasteiger partial charge in [-0.05, 0) is 6.07 Å². The lowest BCUT2D eigenvalue weighted by Crippen LogP contribution is -2.00. The van der Waals surface area contributed by atoms with Crippen LogP contribution < -0.4 is 0 Å². The normalized spacial score (nSPS) is 10.3. The van der Waals surface area contributed by atoms with E-state index in [2.05, 4.69) is 4.40 Å². The molecule has 0 N–H and O–H groups in total. The van der Waals surface area contributed by atoms with E-state index in [1.807, 2.05) is 0 Å². The van der Waals surface area contributed by atoms with Crippen LogP contribution in [-0.4, -0.2) is 20.8 Å². The van der Waals surface area contributed by atoms with Crippen molar-refractivity contribution in [3.8, 4) is 0 Å². The van der Waals surface area contributed by atoms with Crippen molar-refractivity contribution < 1.29 is 18.0 Å². The molecule has 6 heteroatoms. The van der Waals surface area contributed by atoms with E-state index in [1.54, 1.807) is 0 Å². The van der Waals surface area contributed by atoms with Gasteiger partial charge in [0.05, 0.1) is 0 Å². The Balaban J connectivity index is 3.46. The van der Waals surface area contributed by atoms with Gasteiger partial charge in [0.15, 0.2) is 6.29 Å². The minimum Gasteiger partial charge on any atom is -0.298 e. The van der Waals surface area contributed by atoms with E-state index < -0.39 is 10.0 Å². The molecule has 1 aromatic carbocycles. The number of hydrogen-bond acceptors (Lipinski definition) is 4. The van der Waals surface area contributed by atoms with Crippen molar-refractivity contribution in [3.05, 3.63) is 29.8 Å². The molecule has 1 aromatic rings. The number of carbonyl (C=O) groups is 1. The first-order chi connectivity index (χ1) is 6.61. The summed E-state index contributed by atoms with van der Waals surface area (Å²) in [5, 5.41) is 0. The van der Waals surface area contributed by atoms with Crippen molar-refractivity contribution >= 4 is 22.4 Å². The average molecular weight is 211 g/mol. The highest BCUT2D eigenvalue weighted by molar-refractivity contribution is 7.90. The first kappa shape index (κ1) is 10.3. The monoisotopic (exact) mass is 211 g/mol. The molecule has 0 aliphatic carbocycles. The number of carbonyl (C=O) groups excluding carboxylic acids is 2. The molecule has 0 saturated heterocycles. The smallest absolute Gasteiger partial charge is 0.293 e. The van der Waals surface area contributed by atoms with Crippen molar-refractivity contribution in [3.63, 3.8) is 0 Å². The Bertz CT molecular complexity index is 500. The Labute approximate surface area is 80.1 Å². The van der Waals surface area contributed by atoms with Crippen LogP contribution in [0.2, 0.25) is 0 Å². The first-order valence-electron chi connectivity index (χ1n) is 3.50. The molecule has 0 bridgehead atoms. The van der Waals surface area contributed by atoms with Crippen LogP contribution in [-0.2, 0) is 14.8 Å². The molecule has 1 rings (SSSR count). The van der Waals surface area contributed by atoms with Gasteiger partial charge in [-0.3, -0.25) is 4.79 Å². The quantitative estimate of drug-likeness (QED) is 0.414. The molecule has 0 aliphatic rings. The van der Waals surface area contributed by atoms with Crippen molar-refractivity contribution in [1.82, 2.24) is 0 Å². The minimum atomic E-state index is -4.08. The molecule has 14 heavy (non-hydrogen) atoms. The number of hydrogen-bond donors (Lipinski definition) is 0. The summed E-state index contributed by atoms with van der Waals surface area (Å²) >= 11 is 0. The molecule has 0 amide bonds. The van der Waals surface area contributed by atoms with Crippen LogP contribution in [0.4, 0.5) is 0 Å². The first-order valence-corrected chi connectivity index (χ1v) is 4.94. The summed E-state index contributed by atoms with van der Waals surface area (Å²) in [6.45, 7) is 0. The maximum Gasteiger partial charge on any atom is 0.293 e. The van der Waals surface area contributed by atoms with Gasteiger partial charge >= 0.3 is 0 Å². The van der Waals surface area contributed by atoms with Crippen LogP contribution in [0.3, 0.4) is 0 Å². The number of benzene rings is 1. The van der Waals surface area contributed by atoms with Crippen molar-refractivity contribution in [2.75, 3.05) is 0 Å². The number of rotatable bonds is 3. The van der Waals surface area contributed by atoms with Gasteiger partial charge in [-0.2, -0.15) is 8.42 Å². The van der Waals surface area contributed by atoms with Crippen molar-refractivity contribution in [1.29, 1.82) is 0 Å². The van der Waals surface area contributed by atoms with Gasteiger partial charge in [0.25, 0.3) is 16.1 Å². The molecule has 0 saturated carbocycles. The predicted molar refractivity (Wildman–Crippen MR) is 47.1 cm³/mol. The predicted octanol–water partition coefficient (Wildman–Crippen LogP) is 0.524. The van der Waals surface area contributed by atoms with Crippen LogP contribution >= 0.6 is 0 Å². The maximum atomic E-state index is 11.2. The SMILES string of the molecule is O=C=NS(=O)(=O)c1ccccc1C=O. The van der Waals surface area contributed by atoms with E-state index in [4.69, 9.17) is 0 Å². The molecule has 0 aliphatic heterocycles. The molecule has 0 fully saturated rings. The standard InChI is InChI=1S/C8H5NO4S/c10-5-7-3-1-2-4-8(7)14(12,13)9-6-11/h1-5H. The molecule has 0 spiro atoms. The van der Waals surface area contributed by atoms with Crippen LogP contribution in [0.25, 0.3) is 0 Å². The molecule has 0 radical (unpaired) electrons. The van der Waals surface area contributed by atoms with Crippen LogP contribution in [0.5, 0.6) is 0 Å². The van der Waals surface area contributed by atoms with Crippen LogP contribution in [0.1, 0.15) is 10.4 Å². The number of aldehydes is 1. The highest BCUT2D eigenvalue weighted by Gasteiger charge is 2.16. The summed E-state index contributed by atoms with van der Waals surface area (Å²) in [6, 6.07) is 5.45. The van der Waals surface area contributed by atoms with Gasteiger partial charge in [-0.15, -0.1) is 0 Å². The zero-order chi connectivity index (χ0) is 10.6. The molecule has 0 unspecified atom stereocenters. The molecular weight excluding hydrogens is 206 g/mol. The highest BCUT2D eigenvalue weighted by Crippen LogP contribution is 2.15. The Morgan fingerprint density at radius 1 is 1.29 bits per heavy atom. The zero-order valence-corrected chi connectivity index (χ0v) is 7.69. The fraction of sp³-hybridized carbons (Fsp3) is 0. The van der Waals surface area contributed by atoms with E-state index in [0.29, 0.717) is 6.29 Å². The van der Waals surface area contributed by atoms with Gasteiger partial charge in [-0.25, -0.2) is 4.79 Å². The Morgan fingerprint density at radius 2 is 1.93 bits per heavy atom. The Kier molecular flexibility index (Phi) is 2.91. The molecule has 0 heterocycles. The zero-order valence-electron chi connectivity index (χ0n) is 6.88. The fourth-order valence-corrected chi connectivity index (χ4v) is 1.77. The number of sulfonamides is 1. The lowest BCUT2D eigenvalue weighted by Gasteiger charge is -1.98. The Hall–Kier alpha value is -1.78. The van der Waals surface area contributed by atoms with E-state index >= 15 is 0 Å². The summed E-state index contributed by atoms with van der Waals surface area (Å²) in [5.41, 5.74) is -0.0356. The van der Waals surface area contributed by atoms with Crippen LogP contribution in [0, 0.1) is 0 Å². The van der Waals surface area contributed by atoms with Crippen molar-refractivity contribution in [2.24, 2.45) is 4.40 Å². The largest absolute Gasteiger partial charge is 0.298 e. The van der Waals surface area contributed by atoms with E-state index in [0.717, 1.165) is 6.08 Å². The number of nitrogens with zero attached hydrogens (tertiary/aromatic N) is 1. The second kappa shape index (κ2) is 3.95. The summed E-state index contributed by atoms with van der Waals surface area (Å²) in [7, 11) is -4.08. The number of isocyanates is 1. The summed E-state index contributed by atoms with van der Waals surface area (Å²) in [5.74, 6) is 0. The molecule has 0 atom stereocenters. The van der Waals surface area contributed by atoms with E-state index in [9.17, 15) is 18.0 Å². The van der Waals surface area contributed by atoms with Crippen LogP contribution in [0.15, 0.2) is 33.6 Å². The topological polar surface area (TPSA) is 80.6 Å². The van der Waals surface area contributed by atoms with Gasteiger partial charge in [0.2, 0.25) is 0 Å². The minimum absolute atomic E-state index is 0.0356. The van der Waals surface area contributed by atoms with E-state index in [1.165, 1.54) is 24.3 Å². The van der Waals surface area contributed by atoms with Crippen molar-refractivity contribution in [2.45, 2.75) is 4.90 Å². The van der Waals surface area contributed by atoms with E-state index in [-0.39, 0.29) is 10.5 Å². The lowest BCUT2D eigenvalue weighted by molar-refractivity contribution is 0.112. The summed E-state index contributed by atoms with van der Waals surface area (Å²) in [6.07, 6.45) is 1.31. The third-order valence-electron chi connectivity index (χ3n) is 1.48. The fourth-order valence-electron chi connectivity index (χ4n) is 0.911. The maximum absolute atomic E-state index is 11.2. The molecule has 0 aromatic heterocycles. The second-order valence-electron chi connectivity index (χ2n) is 2.31. The second-order valence-corrected chi connectivity index (χ2v) is 3.89. The third-order valence-corrected chi connectivity index (χ3v) is 2.72. The summed E-state index contributed by atoms with van der Waals surface area (Å²) < 4.78 is 25.1. The van der Waals surface area contributed by atoms with Gasteiger partial charge in [0, 0.05) is 5.56 Å². The van der Waals surface area contributed by atoms with Gasteiger partial charge < -0.3 is 0 Å². The lowest BCUT2D eigenvalue weighted by atomic mass is 10.2. The van der Waals surface area contributed by atoms with Gasteiger partial charge in [-0.1, -0.05) is 22.6 Å². The molecule has 5 nitrogen and oxygen atoms in total. The third kappa shape index (κ3) is 1.93. The average Bonchev–Trinajstić information content (AvgIpc) is 2.18. The summed E-state index contributed by atoms with van der Waals surface area (Å²) in [4.78, 5) is 20.0. The molecule has 72 valence electrons. The highest BCUT2D eigenvalue weighted by atomic mass is 32.2.